The lowest BCUT2D eigenvalue weighted by atomic mass is 10.0. The molecule has 9 rings (SSSR count). The zero-order valence-corrected chi connectivity index (χ0v) is 30.7. The standard InChI is InChI=1S/C49H35N3O4/c1-30-3-17-40(18-4-30)55-41-19-9-33(10-20-41)46-29-39-27-37(15-25-44(39)50-46)38-16-26-45-47(28-38)52-49(51-45)36-13-23-43(24-14-36)56-42-21-11-35(12-22-42)48(54)34-7-5-32(6-8-34)31(2)53/h3-29,50H,1-2H3,(H,51,52). The second-order valence-corrected chi connectivity index (χ2v) is 13.9. The monoisotopic (exact) mass is 729 g/mol. The van der Waals surface area contributed by atoms with Crippen molar-refractivity contribution in [2.75, 3.05) is 0 Å². The van der Waals surface area contributed by atoms with Crippen LogP contribution in [0.15, 0.2) is 164 Å². The highest BCUT2D eigenvalue weighted by atomic mass is 16.5. The van der Waals surface area contributed by atoms with Crippen LogP contribution in [0.25, 0.3) is 55.7 Å². The first kappa shape index (κ1) is 34.3. The van der Waals surface area contributed by atoms with E-state index in [2.05, 4.69) is 65.4 Å². The van der Waals surface area contributed by atoms with Crippen molar-refractivity contribution in [2.24, 2.45) is 0 Å². The number of nitrogens with one attached hydrogen (secondary N) is 2. The Balaban J connectivity index is 0.865. The molecule has 7 nitrogen and oxygen atoms in total. The van der Waals surface area contributed by atoms with E-state index in [1.807, 2.05) is 66.7 Å². The molecule has 0 bridgehead atoms. The summed E-state index contributed by atoms with van der Waals surface area (Å²) in [5.41, 5.74) is 11.0. The van der Waals surface area contributed by atoms with Crippen LogP contribution in [0.5, 0.6) is 23.0 Å². The summed E-state index contributed by atoms with van der Waals surface area (Å²) in [6.45, 7) is 3.57. The number of hydrogen-bond donors (Lipinski definition) is 2. The van der Waals surface area contributed by atoms with E-state index in [1.54, 1.807) is 48.5 Å². The van der Waals surface area contributed by atoms with E-state index >= 15 is 0 Å². The summed E-state index contributed by atoms with van der Waals surface area (Å²) >= 11 is 0. The molecule has 2 N–H and O–H groups in total. The molecule has 0 spiro atoms. The molecule has 0 fully saturated rings. The van der Waals surface area contributed by atoms with E-state index in [9.17, 15) is 9.59 Å². The molecule has 0 saturated carbocycles. The average Bonchev–Trinajstić information content (AvgIpc) is 3.87. The second kappa shape index (κ2) is 14.4. The quantitative estimate of drug-likeness (QED) is 0.137. The van der Waals surface area contributed by atoms with Gasteiger partial charge in [0.2, 0.25) is 0 Å². The molecule has 0 amide bonds. The zero-order valence-electron chi connectivity index (χ0n) is 30.7. The SMILES string of the molecule is CC(=O)c1ccc(C(=O)c2ccc(Oc3ccc(-c4nc5ccc(-c6ccc7[nH]c(-c8ccc(Oc9ccc(C)cc9)cc8)cc7c6)cc5[nH]4)cc3)cc2)cc1. The molecule has 7 aromatic carbocycles. The minimum absolute atomic E-state index is 0.0352. The third-order valence-electron chi connectivity index (χ3n) is 9.89. The number of ketones is 2. The van der Waals surface area contributed by atoms with Crippen LogP contribution >= 0.6 is 0 Å². The summed E-state index contributed by atoms with van der Waals surface area (Å²) in [4.78, 5) is 36.4. The molecule has 9 aromatic rings. The second-order valence-electron chi connectivity index (χ2n) is 13.9. The summed E-state index contributed by atoms with van der Waals surface area (Å²) in [5, 5.41) is 1.13. The number of carbonyl (C=O) groups is 2. The topological polar surface area (TPSA) is 97.1 Å². The number of ether oxygens (including phenoxy) is 2. The Kier molecular flexibility index (Phi) is 8.80. The van der Waals surface area contributed by atoms with Crippen LogP contribution in [0.1, 0.15) is 38.8 Å². The number of aromatic amines is 2. The first-order chi connectivity index (χ1) is 27.3. The van der Waals surface area contributed by atoms with Crippen LogP contribution in [0.3, 0.4) is 0 Å². The highest BCUT2D eigenvalue weighted by Crippen LogP contribution is 2.33. The molecule has 0 aliphatic rings. The molecule has 0 atom stereocenters. The van der Waals surface area contributed by atoms with Gasteiger partial charge in [0.1, 0.15) is 28.8 Å². The van der Waals surface area contributed by atoms with Gasteiger partial charge in [-0.25, -0.2) is 4.98 Å². The number of nitrogens with zero attached hydrogens (tertiary/aromatic N) is 1. The fourth-order valence-corrected chi connectivity index (χ4v) is 6.75. The minimum Gasteiger partial charge on any atom is -0.457 e. The Morgan fingerprint density at radius 1 is 0.482 bits per heavy atom. The molecule has 0 aliphatic heterocycles. The molecular formula is C49H35N3O4. The number of benzene rings is 7. The maximum Gasteiger partial charge on any atom is 0.193 e. The predicted molar refractivity (Wildman–Crippen MR) is 222 cm³/mol. The number of rotatable bonds is 10. The van der Waals surface area contributed by atoms with E-state index < -0.39 is 0 Å². The van der Waals surface area contributed by atoms with Crippen molar-refractivity contribution in [1.29, 1.82) is 0 Å². The number of fused-ring (bicyclic) bond motifs is 2. The molecule has 0 aliphatic carbocycles. The summed E-state index contributed by atoms with van der Waals surface area (Å²) in [6, 6.07) is 52.6. The molecule has 2 heterocycles. The van der Waals surface area contributed by atoms with Gasteiger partial charge >= 0.3 is 0 Å². The Hall–Kier alpha value is -7.51. The smallest absolute Gasteiger partial charge is 0.193 e. The van der Waals surface area contributed by atoms with Gasteiger partial charge in [-0.15, -0.1) is 0 Å². The van der Waals surface area contributed by atoms with E-state index in [0.717, 1.165) is 67.2 Å². The van der Waals surface area contributed by atoms with Crippen LogP contribution < -0.4 is 9.47 Å². The van der Waals surface area contributed by atoms with Gasteiger partial charge < -0.3 is 19.4 Å². The van der Waals surface area contributed by atoms with E-state index in [0.29, 0.717) is 28.2 Å². The number of hydrogen-bond acceptors (Lipinski definition) is 5. The molecular weight excluding hydrogens is 695 g/mol. The minimum atomic E-state index is -0.117. The highest BCUT2D eigenvalue weighted by molar-refractivity contribution is 6.09. The van der Waals surface area contributed by atoms with Crippen molar-refractivity contribution in [3.05, 3.63) is 186 Å². The lowest BCUT2D eigenvalue weighted by Gasteiger charge is -2.08. The van der Waals surface area contributed by atoms with Crippen molar-refractivity contribution in [1.82, 2.24) is 15.0 Å². The maximum atomic E-state index is 12.9. The van der Waals surface area contributed by atoms with Gasteiger partial charge in [0.15, 0.2) is 11.6 Å². The number of carbonyl (C=O) groups excluding carboxylic acids is 2. The number of Topliss-reactive ketones (excluding diaryl/α,β-unsaturated/α-hetero) is 1. The number of aromatic nitrogens is 3. The van der Waals surface area contributed by atoms with Crippen LogP contribution in [0.4, 0.5) is 0 Å². The summed E-state index contributed by atoms with van der Waals surface area (Å²) in [5.74, 6) is 3.51. The van der Waals surface area contributed by atoms with Crippen molar-refractivity contribution in [3.63, 3.8) is 0 Å². The van der Waals surface area contributed by atoms with E-state index in [4.69, 9.17) is 14.5 Å². The number of H-pyrrole nitrogens is 2. The van der Waals surface area contributed by atoms with Crippen LogP contribution in [0.2, 0.25) is 0 Å². The van der Waals surface area contributed by atoms with Crippen molar-refractivity contribution in [2.45, 2.75) is 13.8 Å². The van der Waals surface area contributed by atoms with Gasteiger partial charge in [0.25, 0.3) is 0 Å². The molecule has 270 valence electrons. The number of aryl methyl sites for hydroxylation is 1. The van der Waals surface area contributed by atoms with E-state index in [1.165, 1.54) is 12.5 Å². The third kappa shape index (κ3) is 7.09. The van der Waals surface area contributed by atoms with Crippen LogP contribution in [-0.2, 0) is 0 Å². The van der Waals surface area contributed by atoms with Gasteiger partial charge in [-0.1, -0.05) is 54.1 Å². The summed E-state index contributed by atoms with van der Waals surface area (Å²) < 4.78 is 12.1. The van der Waals surface area contributed by atoms with E-state index in [-0.39, 0.29) is 11.6 Å². The first-order valence-electron chi connectivity index (χ1n) is 18.3. The predicted octanol–water partition coefficient (Wildman–Crippen LogP) is 12.4. The van der Waals surface area contributed by atoms with Gasteiger partial charge in [0, 0.05) is 38.9 Å². The molecule has 7 heteroatoms. The molecule has 2 aromatic heterocycles. The fraction of sp³-hybridized carbons (Fsp3) is 0.0408. The Morgan fingerprint density at radius 3 is 1.61 bits per heavy atom. The van der Waals surface area contributed by atoms with Crippen LogP contribution in [0, 0.1) is 6.92 Å². The van der Waals surface area contributed by atoms with Gasteiger partial charge in [-0.2, -0.15) is 0 Å². The molecule has 56 heavy (non-hydrogen) atoms. The first-order valence-corrected chi connectivity index (χ1v) is 18.3. The summed E-state index contributed by atoms with van der Waals surface area (Å²) in [6.07, 6.45) is 0. The molecule has 0 saturated heterocycles. The van der Waals surface area contributed by atoms with Gasteiger partial charge in [-0.05, 0) is 146 Å². The lowest BCUT2D eigenvalue weighted by Crippen LogP contribution is -2.02. The summed E-state index contributed by atoms with van der Waals surface area (Å²) in [7, 11) is 0. The maximum absolute atomic E-state index is 12.9. The molecule has 0 unspecified atom stereocenters. The largest absolute Gasteiger partial charge is 0.457 e. The highest BCUT2D eigenvalue weighted by Gasteiger charge is 2.12. The normalized spacial score (nSPS) is 11.2. The van der Waals surface area contributed by atoms with Crippen molar-refractivity contribution >= 4 is 33.5 Å². The van der Waals surface area contributed by atoms with Crippen molar-refractivity contribution < 1.29 is 19.1 Å². The zero-order chi connectivity index (χ0) is 38.2. The number of imidazole rings is 1. The Labute approximate surface area is 323 Å². The average molecular weight is 730 g/mol. The molecule has 0 radical (unpaired) electrons. The third-order valence-corrected chi connectivity index (χ3v) is 9.89. The van der Waals surface area contributed by atoms with Crippen LogP contribution in [-0.4, -0.2) is 26.5 Å². The Morgan fingerprint density at radius 2 is 0.982 bits per heavy atom. The lowest BCUT2D eigenvalue weighted by molar-refractivity contribution is 0.101. The van der Waals surface area contributed by atoms with Crippen molar-refractivity contribution in [3.8, 4) is 56.8 Å². The van der Waals surface area contributed by atoms with Gasteiger partial charge in [0.05, 0.1) is 11.0 Å². The Bertz CT molecular complexity index is 2870. The fourth-order valence-electron chi connectivity index (χ4n) is 6.75. The van der Waals surface area contributed by atoms with Gasteiger partial charge in [-0.3, -0.25) is 9.59 Å².